The van der Waals surface area contributed by atoms with Crippen LogP contribution >= 0.6 is 0 Å². The average molecular weight is 188 g/mol. The Hall–Kier alpha value is -1.26. The van der Waals surface area contributed by atoms with Gasteiger partial charge in [-0.1, -0.05) is 20.8 Å². The van der Waals surface area contributed by atoms with Crippen molar-refractivity contribution in [1.82, 2.24) is 10.6 Å². The van der Waals surface area contributed by atoms with Crippen molar-refractivity contribution >= 4 is 12.0 Å². The monoisotopic (exact) mass is 188 g/mol. The van der Waals surface area contributed by atoms with Gasteiger partial charge < -0.3 is 15.7 Å². The van der Waals surface area contributed by atoms with Crippen LogP contribution in [0.15, 0.2) is 0 Å². The molecule has 0 bridgehead atoms. The fourth-order valence-corrected chi connectivity index (χ4v) is 0.564. The van der Waals surface area contributed by atoms with E-state index < -0.39 is 12.0 Å². The SMILES string of the molecule is CC(C)(C)CNC(=O)NCC(=O)O. The van der Waals surface area contributed by atoms with E-state index >= 15 is 0 Å². The third-order valence-corrected chi connectivity index (χ3v) is 1.18. The highest BCUT2D eigenvalue weighted by Gasteiger charge is 2.11. The topological polar surface area (TPSA) is 78.4 Å². The zero-order chi connectivity index (χ0) is 10.5. The molecule has 0 atom stereocenters. The van der Waals surface area contributed by atoms with E-state index in [4.69, 9.17) is 5.11 Å². The number of carboxylic acid groups (broad SMARTS) is 1. The van der Waals surface area contributed by atoms with Crippen LogP contribution < -0.4 is 10.6 Å². The maximum Gasteiger partial charge on any atom is 0.323 e. The lowest BCUT2D eigenvalue weighted by molar-refractivity contribution is -0.135. The van der Waals surface area contributed by atoms with Gasteiger partial charge in [0.15, 0.2) is 0 Å². The highest BCUT2D eigenvalue weighted by molar-refractivity contribution is 5.79. The molecule has 0 unspecified atom stereocenters. The minimum atomic E-state index is -1.05. The Balaban J connectivity index is 3.58. The van der Waals surface area contributed by atoms with E-state index in [1.54, 1.807) is 0 Å². The molecule has 0 fully saturated rings. The number of hydrogen-bond donors (Lipinski definition) is 3. The van der Waals surface area contributed by atoms with Crippen molar-refractivity contribution < 1.29 is 14.7 Å². The molecule has 76 valence electrons. The van der Waals surface area contributed by atoms with E-state index in [0.717, 1.165) is 0 Å². The lowest BCUT2D eigenvalue weighted by Gasteiger charge is -2.18. The molecule has 0 aliphatic rings. The summed E-state index contributed by atoms with van der Waals surface area (Å²) in [4.78, 5) is 21.0. The quantitative estimate of drug-likeness (QED) is 0.600. The number of carbonyl (C=O) groups is 2. The molecule has 5 nitrogen and oxygen atoms in total. The van der Waals surface area contributed by atoms with Crippen LogP contribution in [0.4, 0.5) is 4.79 Å². The highest BCUT2D eigenvalue weighted by atomic mass is 16.4. The zero-order valence-electron chi connectivity index (χ0n) is 8.18. The molecule has 13 heavy (non-hydrogen) atoms. The first-order valence-corrected chi connectivity index (χ1v) is 4.05. The molecule has 5 heteroatoms. The highest BCUT2D eigenvalue weighted by Crippen LogP contribution is 2.09. The number of nitrogens with one attached hydrogen (secondary N) is 2. The summed E-state index contributed by atoms with van der Waals surface area (Å²) < 4.78 is 0. The van der Waals surface area contributed by atoms with Crippen molar-refractivity contribution in [2.45, 2.75) is 20.8 Å². The summed E-state index contributed by atoms with van der Waals surface area (Å²) in [5, 5.41) is 13.0. The Kier molecular flexibility index (Phi) is 4.23. The summed E-state index contributed by atoms with van der Waals surface area (Å²) in [6, 6.07) is -0.447. The van der Waals surface area contributed by atoms with Crippen molar-refractivity contribution in [2.75, 3.05) is 13.1 Å². The summed E-state index contributed by atoms with van der Waals surface area (Å²) >= 11 is 0. The lowest BCUT2D eigenvalue weighted by atomic mass is 9.97. The van der Waals surface area contributed by atoms with E-state index in [1.807, 2.05) is 20.8 Å². The molecular formula is C8H16N2O3. The summed E-state index contributed by atoms with van der Waals surface area (Å²) in [5.41, 5.74) is 0.000559. The van der Waals surface area contributed by atoms with Gasteiger partial charge in [0.25, 0.3) is 0 Å². The molecule has 0 aromatic heterocycles. The number of carboxylic acids is 1. The molecule has 0 aliphatic carbocycles. The van der Waals surface area contributed by atoms with Gasteiger partial charge in [-0.25, -0.2) is 4.79 Å². The maximum atomic E-state index is 10.9. The molecule has 2 amide bonds. The minimum Gasteiger partial charge on any atom is -0.480 e. The second-order valence-electron chi connectivity index (χ2n) is 3.99. The van der Waals surface area contributed by atoms with Crippen LogP contribution in [-0.2, 0) is 4.79 Å². The number of rotatable bonds is 3. The van der Waals surface area contributed by atoms with Gasteiger partial charge in [-0.05, 0) is 5.41 Å². The first-order valence-electron chi connectivity index (χ1n) is 4.05. The van der Waals surface area contributed by atoms with E-state index in [9.17, 15) is 9.59 Å². The van der Waals surface area contributed by atoms with Crippen molar-refractivity contribution in [3.63, 3.8) is 0 Å². The van der Waals surface area contributed by atoms with Crippen molar-refractivity contribution in [3.8, 4) is 0 Å². The van der Waals surface area contributed by atoms with Crippen molar-refractivity contribution in [3.05, 3.63) is 0 Å². The van der Waals surface area contributed by atoms with Crippen LogP contribution in [0.3, 0.4) is 0 Å². The minimum absolute atomic E-state index is 0.000559. The molecule has 0 heterocycles. The predicted molar refractivity (Wildman–Crippen MR) is 48.5 cm³/mol. The van der Waals surface area contributed by atoms with E-state index in [1.165, 1.54) is 0 Å². The Bertz CT molecular complexity index is 196. The van der Waals surface area contributed by atoms with E-state index in [0.29, 0.717) is 6.54 Å². The first kappa shape index (κ1) is 11.7. The van der Waals surface area contributed by atoms with Crippen LogP contribution in [0.2, 0.25) is 0 Å². The fraction of sp³-hybridized carbons (Fsp3) is 0.750. The van der Waals surface area contributed by atoms with Crippen LogP contribution in [0.1, 0.15) is 20.8 Å². The Labute approximate surface area is 77.5 Å². The van der Waals surface area contributed by atoms with Crippen LogP contribution in [0.25, 0.3) is 0 Å². The number of aliphatic carboxylic acids is 1. The van der Waals surface area contributed by atoms with Gasteiger partial charge in [0.2, 0.25) is 0 Å². The molecule has 0 radical (unpaired) electrons. The largest absolute Gasteiger partial charge is 0.480 e. The summed E-state index contributed by atoms with van der Waals surface area (Å²) in [7, 11) is 0. The van der Waals surface area contributed by atoms with E-state index in [2.05, 4.69) is 10.6 Å². The van der Waals surface area contributed by atoms with Crippen LogP contribution in [0.5, 0.6) is 0 Å². The van der Waals surface area contributed by atoms with Gasteiger partial charge in [0, 0.05) is 6.54 Å². The summed E-state index contributed by atoms with van der Waals surface area (Å²) in [6.07, 6.45) is 0. The van der Waals surface area contributed by atoms with Gasteiger partial charge in [-0.2, -0.15) is 0 Å². The molecule has 0 aliphatic heterocycles. The molecule has 0 rings (SSSR count). The average Bonchev–Trinajstić information content (AvgIpc) is 1.95. The normalized spacial score (nSPS) is 10.7. The van der Waals surface area contributed by atoms with Crippen LogP contribution in [0, 0.1) is 5.41 Å². The van der Waals surface area contributed by atoms with Gasteiger partial charge in [-0.3, -0.25) is 4.79 Å². The van der Waals surface area contributed by atoms with Crippen molar-refractivity contribution in [1.29, 1.82) is 0 Å². The second-order valence-corrected chi connectivity index (χ2v) is 3.99. The Morgan fingerprint density at radius 2 is 1.77 bits per heavy atom. The first-order chi connectivity index (χ1) is 5.81. The fourth-order valence-electron chi connectivity index (χ4n) is 0.564. The zero-order valence-corrected chi connectivity index (χ0v) is 8.18. The van der Waals surface area contributed by atoms with Crippen LogP contribution in [-0.4, -0.2) is 30.2 Å². The number of hydrogen-bond acceptors (Lipinski definition) is 2. The molecular weight excluding hydrogens is 172 g/mol. The van der Waals surface area contributed by atoms with Gasteiger partial charge in [0.1, 0.15) is 6.54 Å². The van der Waals surface area contributed by atoms with Gasteiger partial charge in [0.05, 0.1) is 0 Å². The third kappa shape index (κ3) is 8.65. The Morgan fingerprint density at radius 1 is 1.23 bits per heavy atom. The maximum absolute atomic E-state index is 10.9. The molecule has 0 saturated heterocycles. The number of amides is 2. The standard InChI is InChI=1S/C8H16N2O3/c1-8(2,3)5-10-7(13)9-4-6(11)12/h4-5H2,1-3H3,(H,11,12)(H2,9,10,13). The molecule has 0 aromatic rings. The lowest BCUT2D eigenvalue weighted by Crippen LogP contribution is -2.41. The van der Waals surface area contributed by atoms with E-state index in [-0.39, 0.29) is 12.0 Å². The predicted octanol–water partition coefficient (Wildman–Crippen LogP) is 0.416. The smallest absolute Gasteiger partial charge is 0.323 e. The van der Waals surface area contributed by atoms with Gasteiger partial charge in [-0.15, -0.1) is 0 Å². The Morgan fingerprint density at radius 3 is 2.15 bits per heavy atom. The molecule has 0 spiro atoms. The molecule has 0 saturated carbocycles. The summed E-state index contributed by atoms with van der Waals surface area (Å²) in [6.45, 7) is 6.09. The molecule has 0 aromatic carbocycles. The second kappa shape index (κ2) is 4.69. The van der Waals surface area contributed by atoms with Crippen molar-refractivity contribution in [2.24, 2.45) is 5.41 Å². The van der Waals surface area contributed by atoms with Gasteiger partial charge >= 0.3 is 12.0 Å². The summed E-state index contributed by atoms with van der Waals surface area (Å²) in [5.74, 6) is -1.05. The third-order valence-electron chi connectivity index (χ3n) is 1.18. The number of urea groups is 1. The number of carbonyl (C=O) groups excluding carboxylic acids is 1. The molecule has 3 N–H and O–H groups in total.